The number of nitrogens with two attached hydrogens (primary N) is 1. The Morgan fingerprint density at radius 3 is 2.50 bits per heavy atom. The molecule has 3 nitrogen and oxygen atoms in total. The minimum absolute atomic E-state index is 0.247. The Morgan fingerprint density at radius 2 is 1.89 bits per heavy atom. The van der Waals surface area contributed by atoms with Crippen molar-refractivity contribution in [3.8, 4) is 0 Å². The van der Waals surface area contributed by atoms with E-state index in [-0.39, 0.29) is 5.82 Å². The summed E-state index contributed by atoms with van der Waals surface area (Å²) in [7, 11) is 1.90. The average molecular weight is 245 g/mol. The fourth-order valence-electron chi connectivity index (χ4n) is 1.90. The summed E-state index contributed by atoms with van der Waals surface area (Å²) in [6.45, 7) is 2.44. The lowest BCUT2D eigenvalue weighted by atomic mass is 10.1. The zero-order chi connectivity index (χ0) is 13.1. The number of nitrogens with zero attached hydrogens (tertiary/aromatic N) is 2. The van der Waals surface area contributed by atoms with E-state index in [9.17, 15) is 4.39 Å². The van der Waals surface area contributed by atoms with Crippen LogP contribution in [0.1, 0.15) is 11.1 Å². The van der Waals surface area contributed by atoms with Gasteiger partial charge in [0, 0.05) is 31.0 Å². The van der Waals surface area contributed by atoms with E-state index < -0.39 is 0 Å². The zero-order valence-corrected chi connectivity index (χ0v) is 10.5. The molecule has 0 spiro atoms. The first-order valence-corrected chi connectivity index (χ1v) is 5.77. The predicted octanol–water partition coefficient (Wildman–Crippen LogP) is 2.76. The van der Waals surface area contributed by atoms with E-state index in [0.29, 0.717) is 6.54 Å². The number of hydrogen-bond acceptors (Lipinski definition) is 3. The third kappa shape index (κ3) is 2.33. The van der Waals surface area contributed by atoms with Gasteiger partial charge >= 0.3 is 0 Å². The van der Waals surface area contributed by atoms with E-state index >= 15 is 0 Å². The summed E-state index contributed by atoms with van der Waals surface area (Å²) in [5.74, 6) is 0.563. The van der Waals surface area contributed by atoms with Crippen molar-refractivity contribution in [2.24, 2.45) is 5.73 Å². The van der Waals surface area contributed by atoms with E-state index in [2.05, 4.69) is 4.98 Å². The van der Waals surface area contributed by atoms with E-state index in [1.807, 2.05) is 24.9 Å². The highest BCUT2D eigenvalue weighted by Crippen LogP contribution is 2.26. The molecule has 1 heterocycles. The van der Waals surface area contributed by atoms with Gasteiger partial charge in [-0.1, -0.05) is 0 Å². The lowest BCUT2D eigenvalue weighted by Crippen LogP contribution is -2.16. The lowest BCUT2D eigenvalue weighted by Gasteiger charge is -2.22. The highest BCUT2D eigenvalue weighted by atomic mass is 19.1. The SMILES string of the molecule is Cc1ccnc(N(C)c2ccc(F)cc2)c1CN. The monoisotopic (exact) mass is 245 g/mol. The summed E-state index contributed by atoms with van der Waals surface area (Å²) in [5.41, 5.74) is 8.76. The maximum atomic E-state index is 12.9. The van der Waals surface area contributed by atoms with Crippen LogP contribution in [-0.2, 0) is 6.54 Å². The minimum atomic E-state index is -0.247. The van der Waals surface area contributed by atoms with Crippen molar-refractivity contribution in [3.05, 3.63) is 53.5 Å². The number of aromatic nitrogens is 1. The van der Waals surface area contributed by atoms with Gasteiger partial charge in [0.1, 0.15) is 11.6 Å². The van der Waals surface area contributed by atoms with Gasteiger partial charge < -0.3 is 10.6 Å². The number of aryl methyl sites for hydroxylation is 1. The Morgan fingerprint density at radius 1 is 1.22 bits per heavy atom. The molecule has 1 aromatic carbocycles. The van der Waals surface area contributed by atoms with Crippen LogP contribution < -0.4 is 10.6 Å². The quantitative estimate of drug-likeness (QED) is 0.904. The molecule has 0 fully saturated rings. The van der Waals surface area contributed by atoms with Crippen molar-refractivity contribution < 1.29 is 4.39 Å². The second-order valence-corrected chi connectivity index (χ2v) is 4.17. The Labute approximate surface area is 106 Å². The molecule has 1 aromatic heterocycles. The van der Waals surface area contributed by atoms with Crippen LogP contribution in [0, 0.1) is 12.7 Å². The van der Waals surface area contributed by atoms with Gasteiger partial charge in [-0.15, -0.1) is 0 Å². The number of rotatable bonds is 3. The Balaban J connectivity index is 2.42. The van der Waals surface area contributed by atoms with Crippen LogP contribution in [0.2, 0.25) is 0 Å². The second-order valence-electron chi connectivity index (χ2n) is 4.17. The van der Waals surface area contributed by atoms with Gasteiger partial charge in [-0.05, 0) is 42.8 Å². The zero-order valence-electron chi connectivity index (χ0n) is 10.5. The molecule has 0 saturated carbocycles. The Hall–Kier alpha value is -1.94. The number of benzene rings is 1. The van der Waals surface area contributed by atoms with Gasteiger partial charge in [0.15, 0.2) is 0 Å². The molecule has 0 aliphatic carbocycles. The van der Waals surface area contributed by atoms with Crippen molar-refractivity contribution >= 4 is 11.5 Å². The molecule has 0 unspecified atom stereocenters. The normalized spacial score (nSPS) is 10.4. The molecule has 4 heteroatoms. The summed E-state index contributed by atoms with van der Waals surface area (Å²) >= 11 is 0. The van der Waals surface area contributed by atoms with Crippen molar-refractivity contribution in [3.63, 3.8) is 0 Å². The van der Waals surface area contributed by atoms with Crippen molar-refractivity contribution in [2.45, 2.75) is 13.5 Å². The maximum absolute atomic E-state index is 12.9. The molecule has 0 atom stereocenters. The van der Waals surface area contributed by atoms with E-state index in [1.54, 1.807) is 18.3 Å². The van der Waals surface area contributed by atoms with Crippen molar-refractivity contribution in [2.75, 3.05) is 11.9 Å². The molecule has 2 N–H and O–H groups in total. The number of anilines is 2. The molecule has 0 aliphatic rings. The van der Waals surface area contributed by atoms with Gasteiger partial charge in [0.2, 0.25) is 0 Å². The molecular formula is C14H16FN3. The summed E-state index contributed by atoms with van der Waals surface area (Å²) in [4.78, 5) is 6.27. The van der Waals surface area contributed by atoms with Gasteiger partial charge in [-0.3, -0.25) is 0 Å². The highest BCUT2D eigenvalue weighted by molar-refractivity contribution is 5.63. The van der Waals surface area contributed by atoms with Crippen LogP contribution in [0.3, 0.4) is 0 Å². The third-order valence-electron chi connectivity index (χ3n) is 3.00. The fraction of sp³-hybridized carbons (Fsp3) is 0.214. The van der Waals surface area contributed by atoms with Crippen LogP contribution >= 0.6 is 0 Å². The molecule has 0 saturated heterocycles. The summed E-state index contributed by atoms with van der Waals surface area (Å²) in [6, 6.07) is 8.25. The van der Waals surface area contributed by atoms with Crippen molar-refractivity contribution in [1.82, 2.24) is 4.98 Å². The van der Waals surface area contributed by atoms with Crippen LogP contribution in [-0.4, -0.2) is 12.0 Å². The van der Waals surface area contributed by atoms with Crippen molar-refractivity contribution in [1.29, 1.82) is 0 Å². The molecule has 2 rings (SSSR count). The molecular weight excluding hydrogens is 229 g/mol. The first kappa shape index (κ1) is 12.5. The predicted molar refractivity (Wildman–Crippen MR) is 71.3 cm³/mol. The fourth-order valence-corrected chi connectivity index (χ4v) is 1.90. The van der Waals surface area contributed by atoms with Crippen LogP contribution in [0.4, 0.5) is 15.9 Å². The van der Waals surface area contributed by atoms with Crippen LogP contribution in [0.5, 0.6) is 0 Å². The highest BCUT2D eigenvalue weighted by Gasteiger charge is 2.11. The summed E-state index contributed by atoms with van der Waals surface area (Å²) in [6.07, 6.45) is 1.75. The van der Waals surface area contributed by atoms with Gasteiger partial charge in [0.05, 0.1) is 0 Å². The average Bonchev–Trinajstić information content (AvgIpc) is 2.38. The lowest BCUT2D eigenvalue weighted by molar-refractivity contribution is 0.628. The van der Waals surface area contributed by atoms with E-state index in [1.165, 1.54) is 12.1 Å². The molecule has 18 heavy (non-hydrogen) atoms. The first-order chi connectivity index (χ1) is 8.63. The Kier molecular flexibility index (Phi) is 3.58. The van der Waals surface area contributed by atoms with Crippen LogP contribution in [0.25, 0.3) is 0 Å². The minimum Gasteiger partial charge on any atom is -0.329 e. The first-order valence-electron chi connectivity index (χ1n) is 5.77. The van der Waals surface area contributed by atoms with Gasteiger partial charge in [-0.25, -0.2) is 9.37 Å². The largest absolute Gasteiger partial charge is 0.329 e. The molecule has 0 amide bonds. The molecule has 0 aliphatic heterocycles. The molecule has 94 valence electrons. The van der Waals surface area contributed by atoms with Gasteiger partial charge in [0.25, 0.3) is 0 Å². The summed E-state index contributed by atoms with van der Waals surface area (Å²) in [5, 5.41) is 0. The maximum Gasteiger partial charge on any atom is 0.137 e. The topological polar surface area (TPSA) is 42.2 Å². The van der Waals surface area contributed by atoms with E-state index in [4.69, 9.17) is 5.73 Å². The smallest absolute Gasteiger partial charge is 0.137 e. The second kappa shape index (κ2) is 5.14. The standard InChI is InChI=1S/C14H16FN3/c1-10-7-8-17-14(13(10)9-16)18(2)12-5-3-11(15)4-6-12/h3-8H,9,16H2,1-2H3. The van der Waals surface area contributed by atoms with Gasteiger partial charge in [-0.2, -0.15) is 0 Å². The number of pyridine rings is 1. The molecule has 0 radical (unpaired) electrons. The number of hydrogen-bond donors (Lipinski definition) is 1. The number of halogens is 1. The Bertz CT molecular complexity index is 537. The third-order valence-corrected chi connectivity index (χ3v) is 3.00. The summed E-state index contributed by atoms with van der Waals surface area (Å²) < 4.78 is 12.9. The molecule has 2 aromatic rings. The van der Waals surface area contributed by atoms with Crippen LogP contribution in [0.15, 0.2) is 36.5 Å². The molecule has 0 bridgehead atoms. The van der Waals surface area contributed by atoms with E-state index in [0.717, 1.165) is 22.6 Å².